The minimum atomic E-state index is -4.45. The third kappa shape index (κ3) is 3.61. The molecule has 7 heteroatoms. The van der Waals surface area contributed by atoms with E-state index >= 15 is 0 Å². The Kier molecular flexibility index (Phi) is 3.93. The molecule has 0 spiro atoms. The lowest BCUT2D eigenvalue weighted by molar-refractivity contribution is -0.138. The highest BCUT2D eigenvalue weighted by Gasteiger charge is 2.32. The van der Waals surface area contributed by atoms with Crippen molar-refractivity contribution in [3.63, 3.8) is 0 Å². The quantitative estimate of drug-likeness (QED) is 0.843. The van der Waals surface area contributed by atoms with Crippen LogP contribution in [0.2, 0.25) is 0 Å². The van der Waals surface area contributed by atoms with Crippen LogP contribution in [0, 0.1) is 6.92 Å². The molecule has 0 aliphatic heterocycles. The first kappa shape index (κ1) is 13.3. The molecule has 0 unspecified atom stereocenters. The van der Waals surface area contributed by atoms with Gasteiger partial charge in [-0.3, -0.25) is 5.32 Å². The van der Waals surface area contributed by atoms with E-state index in [-0.39, 0.29) is 11.4 Å². The van der Waals surface area contributed by atoms with E-state index in [1.807, 2.05) is 0 Å². The lowest BCUT2D eigenvalue weighted by Gasteiger charge is -2.12. The second-order valence-electron chi connectivity index (χ2n) is 3.37. The number of hydrogen-bond acceptors (Lipinski definition) is 2. The number of nitrogens with one attached hydrogen (secondary N) is 2. The van der Waals surface area contributed by atoms with Crippen molar-refractivity contribution in [2.24, 2.45) is 0 Å². The molecule has 0 aliphatic carbocycles. The van der Waals surface area contributed by atoms with E-state index in [1.165, 1.54) is 6.92 Å². The van der Waals surface area contributed by atoms with E-state index in [0.717, 1.165) is 12.3 Å². The maximum absolute atomic E-state index is 12.6. The molecule has 0 atom stereocenters. The lowest BCUT2D eigenvalue weighted by atomic mass is 10.1. The number of aryl methyl sites for hydroxylation is 1. The Bertz CT molecular complexity index is 418. The second-order valence-corrected chi connectivity index (χ2v) is 3.37. The number of amides is 2. The minimum Gasteiger partial charge on any atom is -0.338 e. The average molecular weight is 247 g/mol. The SMILES string of the molecule is CCNC(=O)Nc1cc(C(F)(F)F)c(C)cn1. The zero-order chi connectivity index (χ0) is 13.1. The highest BCUT2D eigenvalue weighted by Crippen LogP contribution is 2.32. The van der Waals surface area contributed by atoms with E-state index < -0.39 is 17.8 Å². The van der Waals surface area contributed by atoms with E-state index in [9.17, 15) is 18.0 Å². The van der Waals surface area contributed by atoms with Crippen LogP contribution in [0.25, 0.3) is 0 Å². The van der Waals surface area contributed by atoms with Gasteiger partial charge >= 0.3 is 12.2 Å². The predicted octanol–water partition coefficient (Wildman–Crippen LogP) is 2.55. The molecule has 0 aromatic carbocycles. The molecule has 94 valence electrons. The maximum Gasteiger partial charge on any atom is 0.416 e. The minimum absolute atomic E-state index is 0.0129. The molecule has 0 saturated carbocycles. The summed E-state index contributed by atoms with van der Waals surface area (Å²) in [6, 6.07) is 0.224. The molecule has 2 N–H and O–H groups in total. The standard InChI is InChI=1S/C10H12F3N3O/c1-3-14-9(17)16-8-4-7(10(11,12)13)6(2)5-15-8/h4-5H,3H2,1-2H3,(H2,14,15,16,17). The van der Waals surface area contributed by atoms with Gasteiger partial charge in [-0.05, 0) is 25.5 Å². The van der Waals surface area contributed by atoms with Gasteiger partial charge in [0.05, 0.1) is 5.56 Å². The van der Waals surface area contributed by atoms with Crippen molar-refractivity contribution in [2.45, 2.75) is 20.0 Å². The number of nitrogens with zero attached hydrogens (tertiary/aromatic N) is 1. The molecule has 4 nitrogen and oxygen atoms in total. The number of rotatable bonds is 2. The molecule has 17 heavy (non-hydrogen) atoms. The van der Waals surface area contributed by atoms with E-state index in [1.54, 1.807) is 6.92 Å². The molecule has 1 heterocycles. The van der Waals surface area contributed by atoms with Crippen molar-refractivity contribution in [1.82, 2.24) is 10.3 Å². The smallest absolute Gasteiger partial charge is 0.338 e. The van der Waals surface area contributed by atoms with Crippen molar-refractivity contribution in [1.29, 1.82) is 0 Å². The molecule has 1 aromatic heterocycles. The van der Waals surface area contributed by atoms with Crippen LogP contribution in [-0.4, -0.2) is 17.6 Å². The molecule has 0 radical (unpaired) electrons. The van der Waals surface area contributed by atoms with Gasteiger partial charge in [0.2, 0.25) is 0 Å². The number of carbonyl (C=O) groups is 1. The summed E-state index contributed by atoms with van der Waals surface area (Å²) in [6.07, 6.45) is -3.38. The van der Waals surface area contributed by atoms with Crippen LogP contribution < -0.4 is 10.6 Å². The fourth-order valence-corrected chi connectivity index (χ4v) is 1.22. The van der Waals surface area contributed by atoms with Crippen molar-refractivity contribution in [3.05, 3.63) is 23.4 Å². The van der Waals surface area contributed by atoms with Gasteiger partial charge in [0.1, 0.15) is 5.82 Å². The van der Waals surface area contributed by atoms with Crippen molar-refractivity contribution >= 4 is 11.8 Å². The molecule has 2 amide bonds. The molecule has 0 saturated heterocycles. The first-order valence-corrected chi connectivity index (χ1v) is 4.93. The average Bonchev–Trinajstić information content (AvgIpc) is 2.19. The van der Waals surface area contributed by atoms with Gasteiger partial charge in [0.25, 0.3) is 0 Å². The number of urea groups is 1. The number of carbonyl (C=O) groups excluding carboxylic acids is 1. The van der Waals surface area contributed by atoms with Gasteiger partial charge in [-0.2, -0.15) is 13.2 Å². The Morgan fingerprint density at radius 3 is 2.65 bits per heavy atom. The number of halogens is 3. The van der Waals surface area contributed by atoms with E-state index in [4.69, 9.17) is 0 Å². The van der Waals surface area contributed by atoms with Crippen LogP contribution in [0.1, 0.15) is 18.1 Å². The van der Waals surface area contributed by atoms with Gasteiger partial charge in [0, 0.05) is 12.7 Å². The van der Waals surface area contributed by atoms with Gasteiger partial charge < -0.3 is 5.32 Å². The molecule has 1 aromatic rings. The fourth-order valence-electron chi connectivity index (χ4n) is 1.22. The molecule has 0 aliphatic rings. The Morgan fingerprint density at radius 1 is 1.47 bits per heavy atom. The first-order valence-electron chi connectivity index (χ1n) is 4.93. The topological polar surface area (TPSA) is 54.0 Å². The number of alkyl halides is 3. The summed E-state index contributed by atoms with van der Waals surface area (Å²) in [7, 11) is 0. The molecule has 0 bridgehead atoms. The fraction of sp³-hybridized carbons (Fsp3) is 0.400. The first-order chi connectivity index (χ1) is 7.84. The Hall–Kier alpha value is -1.79. The number of hydrogen-bond donors (Lipinski definition) is 2. The van der Waals surface area contributed by atoms with Gasteiger partial charge in [-0.1, -0.05) is 0 Å². The monoisotopic (exact) mass is 247 g/mol. The Morgan fingerprint density at radius 2 is 2.12 bits per heavy atom. The van der Waals surface area contributed by atoms with E-state index in [0.29, 0.717) is 6.54 Å². The summed E-state index contributed by atoms with van der Waals surface area (Å²) in [5, 5.41) is 4.62. The normalized spacial score (nSPS) is 11.1. The zero-order valence-corrected chi connectivity index (χ0v) is 9.35. The Balaban J connectivity index is 2.93. The lowest BCUT2D eigenvalue weighted by Crippen LogP contribution is -2.28. The van der Waals surface area contributed by atoms with Crippen LogP contribution in [0.3, 0.4) is 0 Å². The summed E-state index contributed by atoms with van der Waals surface area (Å²) in [6.45, 7) is 3.39. The molecular weight excluding hydrogens is 235 g/mol. The molecule has 1 rings (SSSR count). The highest BCUT2D eigenvalue weighted by molar-refractivity contribution is 5.88. The zero-order valence-electron chi connectivity index (χ0n) is 9.35. The van der Waals surface area contributed by atoms with Crippen LogP contribution in [0.4, 0.5) is 23.8 Å². The molecular formula is C10H12F3N3O. The van der Waals surface area contributed by atoms with E-state index in [2.05, 4.69) is 15.6 Å². The predicted molar refractivity (Wildman–Crippen MR) is 56.7 cm³/mol. The van der Waals surface area contributed by atoms with Crippen LogP contribution in [-0.2, 0) is 6.18 Å². The highest BCUT2D eigenvalue weighted by atomic mass is 19.4. The van der Waals surface area contributed by atoms with Crippen molar-refractivity contribution < 1.29 is 18.0 Å². The van der Waals surface area contributed by atoms with Gasteiger partial charge in [-0.25, -0.2) is 9.78 Å². The van der Waals surface area contributed by atoms with Crippen molar-refractivity contribution in [2.75, 3.05) is 11.9 Å². The largest absolute Gasteiger partial charge is 0.416 e. The second kappa shape index (κ2) is 5.03. The van der Waals surface area contributed by atoms with Crippen LogP contribution in [0.5, 0.6) is 0 Å². The third-order valence-corrected chi connectivity index (χ3v) is 1.99. The number of pyridine rings is 1. The van der Waals surface area contributed by atoms with Crippen molar-refractivity contribution in [3.8, 4) is 0 Å². The summed E-state index contributed by atoms with van der Waals surface area (Å²) >= 11 is 0. The summed E-state index contributed by atoms with van der Waals surface area (Å²) in [5.74, 6) is -0.131. The Labute approximate surface area is 96.2 Å². The summed E-state index contributed by atoms with van der Waals surface area (Å²) in [4.78, 5) is 14.8. The summed E-state index contributed by atoms with van der Waals surface area (Å²) in [5.41, 5.74) is -0.793. The summed E-state index contributed by atoms with van der Waals surface area (Å²) < 4.78 is 37.7. The van der Waals surface area contributed by atoms with Crippen LogP contribution in [0.15, 0.2) is 12.3 Å². The van der Waals surface area contributed by atoms with Gasteiger partial charge in [0.15, 0.2) is 0 Å². The third-order valence-electron chi connectivity index (χ3n) is 1.99. The number of aromatic nitrogens is 1. The van der Waals surface area contributed by atoms with Crippen LogP contribution >= 0.6 is 0 Å². The van der Waals surface area contributed by atoms with Gasteiger partial charge in [-0.15, -0.1) is 0 Å². The molecule has 0 fully saturated rings. The number of anilines is 1. The maximum atomic E-state index is 12.6.